The van der Waals surface area contributed by atoms with Crippen LogP contribution in [0.2, 0.25) is 0 Å². The van der Waals surface area contributed by atoms with Crippen LogP contribution >= 0.6 is 15.9 Å². The molecule has 3 nitrogen and oxygen atoms in total. The van der Waals surface area contributed by atoms with Gasteiger partial charge in [0.15, 0.2) is 5.78 Å². The van der Waals surface area contributed by atoms with Gasteiger partial charge in [-0.05, 0) is 54.7 Å². The number of rotatable bonds is 2. The molecule has 0 amide bonds. The van der Waals surface area contributed by atoms with Crippen molar-refractivity contribution in [3.05, 3.63) is 105 Å². The fourth-order valence-corrected chi connectivity index (χ4v) is 4.91. The molecule has 1 aliphatic carbocycles. The molecule has 0 saturated carbocycles. The summed E-state index contributed by atoms with van der Waals surface area (Å²) in [6.07, 6.45) is 1.34. The second-order valence-electron chi connectivity index (χ2n) is 8.13. The number of para-hydroxylation sites is 2. The molecule has 0 radical (unpaired) electrons. The van der Waals surface area contributed by atoms with Gasteiger partial charge in [-0.25, -0.2) is 0 Å². The third-order valence-electron chi connectivity index (χ3n) is 6.04. The van der Waals surface area contributed by atoms with Gasteiger partial charge in [0.25, 0.3) is 0 Å². The molecule has 3 aromatic carbocycles. The fourth-order valence-electron chi connectivity index (χ4n) is 4.50. The number of nitrogens with one attached hydrogen (secondary N) is 2. The first-order valence-electron chi connectivity index (χ1n) is 10.3. The number of allylic oxidation sites excluding steroid dienone is 1. The van der Waals surface area contributed by atoms with E-state index in [-0.39, 0.29) is 17.7 Å². The molecule has 30 heavy (non-hydrogen) atoms. The van der Waals surface area contributed by atoms with Gasteiger partial charge in [-0.3, -0.25) is 4.79 Å². The third-order valence-corrected chi connectivity index (χ3v) is 6.53. The second kappa shape index (κ2) is 7.77. The topological polar surface area (TPSA) is 41.1 Å². The maximum Gasteiger partial charge on any atom is 0.163 e. The number of aryl methyl sites for hydroxylation is 1. The molecule has 2 atom stereocenters. The number of carbonyl (C=O) groups is 1. The summed E-state index contributed by atoms with van der Waals surface area (Å²) in [5.41, 5.74) is 7.45. The number of hydrogen-bond acceptors (Lipinski definition) is 3. The van der Waals surface area contributed by atoms with Crippen molar-refractivity contribution in [1.82, 2.24) is 0 Å². The van der Waals surface area contributed by atoms with Crippen LogP contribution in [0.3, 0.4) is 0 Å². The first-order chi connectivity index (χ1) is 14.6. The van der Waals surface area contributed by atoms with E-state index in [2.05, 4.69) is 82.0 Å². The summed E-state index contributed by atoms with van der Waals surface area (Å²) in [4.78, 5) is 13.5. The van der Waals surface area contributed by atoms with Gasteiger partial charge in [0.1, 0.15) is 0 Å². The fraction of sp³-hybridized carbons (Fsp3) is 0.192. The Hall–Kier alpha value is -2.85. The van der Waals surface area contributed by atoms with Crippen molar-refractivity contribution in [2.24, 2.45) is 0 Å². The van der Waals surface area contributed by atoms with Gasteiger partial charge in [0.05, 0.1) is 17.4 Å². The van der Waals surface area contributed by atoms with Gasteiger partial charge in [0.2, 0.25) is 0 Å². The van der Waals surface area contributed by atoms with Crippen LogP contribution in [0.25, 0.3) is 0 Å². The van der Waals surface area contributed by atoms with Crippen molar-refractivity contribution in [3.63, 3.8) is 0 Å². The van der Waals surface area contributed by atoms with Gasteiger partial charge >= 0.3 is 0 Å². The molecule has 2 N–H and O–H groups in total. The van der Waals surface area contributed by atoms with Crippen LogP contribution in [0.15, 0.2) is 88.5 Å². The zero-order valence-electron chi connectivity index (χ0n) is 16.8. The lowest BCUT2D eigenvalue weighted by Crippen LogP contribution is -2.26. The highest BCUT2D eigenvalue weighted by molar-refractivity contribution is 9.10. The number of fused-ring (bicyclic) bond motifs is 1. The number of Topliss-reactive ketones (excluding diaryl/α,β-unsaturated/α-hetero) is 1. The quantitative estimate of drug-likeness (QED) is 0.446. The molecule has 2 unspecified atom stereocenters. The van der Waals surface area contributed by atoms with E-state index in [1.807, 2.05) is 24.3 Å². The summed E-state index contributed by atoms with van der Waals surface area (Å²) in [5, 5.41) is 7.24. The first-order valence-corrected chi connectivity index (χ1v) is 11.1. The van der Waals surface area contributed by atoms with E-state index in [4.69, 9.17) is 0 Å². The summed E-state index contributed by atoms with van der Waals surface area (Å²) < 4.78 is 1.05. The zero-order valence-corrected chi connectivity index (χ0v) is 18.4. The van der Waals surface area contributed by atoms with Crippen molar-refractivity contribution in [2.45, 2.75) is 31.7 Å². The molecule has 1 aliphatic heterocycles. The van der Waals surface area contributed by atoms with Crippen LogP contribution in [-0.4, -0.2) is 5.78 Å². The summed E-state index contributed by atoms with van der Waals surface area (Å²) in [6, 6.07) is 24.8. The molecule has 2 aliphatic rings. The Kier molecular flexibility index (Phi) is 4.95. The van der Waals surface area contributed by atoms with E-state index in [1.54, 1.807) is 0 Å². The Morgan fingerprint density at radius 3 is 2.40 bits per heavy atom. The Labute approximate surface area is 185 Å². The Morgan fingerprint density at radius 1 is 0.867 bits per heavy atom. The first kappa shape index (κ1) is 19.1. The highest BCUT2D eigenvalue weighted by Crippen LogP contribution is 2.44. The summed E-state index contributed by atoms with van der Waals surface area (Å²) in [6.45, 7) is 2.08. The maximum atomic E-state index is 13.5. The molecule has 4 heteroatoms. The summed E-state index contributed by atoms with van der Waals surface area (Å²) in [5.74, 6) is 0.379. The lowest BCUT2D eigenvalue weighted by molar-refractivity contribution is -0.116. The molecule has 0 fully saturated rings. The lowest BCUT2D eigenvalue weighted by atomic mass is 9.78. The standard InChI is InChI=1S/C26H23BrN2O/c1-16-9-11-17(12-10-16)26-25-23(28-21-7-2-3-8-22(21)29-26)14-19(15-24(25)30)18-5-4-6-20(27)13-18/h2-13,19,26,28-29H,14-15H2,1H3. The van der Waals surface area contributed by atoms with Crippen LogP contribution in [0, 0.1) is 6.92 Å². The number of halogens is 1. The molecule has 5 rings (SSSR count). The Bertz CT molecular complexity index is 1150. The van der Waals surface area contributed by atoms with E-state index in [9.17, 15) is 4.79 Å². The van der Waals surface area contributed by atoms with Gasteiger partial charge < -0.3 is 10.6 Å². The third kappa shape index (κ3) is 3.56. The smallest absolute Gasteiger partial charge is 0.163 e. The minimum absolute atomic E-state index is 0.160. The second-order valence-corrected chi connectivity index (χ2v) is 9.05. The predicted molar refractivity (Wildman–Crippen MR) is 126 cm³/mol. The van der Waals surface area contributed by atoms with Crippen molar-refractivity contribution in [1.29, 1.82) is 0 Å². The van der Waals surface area contributed by atoms with Crippen LogP contribution in [0.5, 0.6) is 0 Å². The molecule has 0 bridgehead atoms. The molecule has 150 valence electrons. The SMILES string of the molecule is Cc1ccc(C2Nc3ccccc3NC3=C2C(=O)CC(c2cccc(Br)c2)C3)cc1. The molecule has 0 saturated heterocycles. The van der Waals surface area contributed by atoms with Crippen molar-refractivity contribution in [2.75, 3.05) is 10.6 Å². The molecular weight excluding hydrogens is 436 g/mol. The summed E-state index contributed by atoms with van der Waals surface area (Å²) >= 11 is 3.57. The molecular formula is C26H23BrN2O. The average Bonchev–Trinajstić information content (AvgIpc) is 2.91. The van der Waals surface area contributed by atoms with Crippen LogP contribution in [0.4, 0.5) is 11.4 Å². The number of benzene rings is 3. The highest BCUT2D eigenvalue weighted by Gasteiger charge is 2.36. The minimum atomic E-state index is -0.160. The minimum Gasteiger partial charge on any atom is -0.372 e. The maximum absolute atomic E-state index is 13.5. The van der Waals surface area contributed by atoms with E-state index in [0.29, 0.717) is 6.42 Å². The van der Waals surface area contributed by atoms with E-state index in [1.165, 1.54) is 11.1 Å². The lowest BCUT2D eigenvalue weighted by Gasteiger charge is -2.30. The normalized spacial score (nSPS) is 20.5. The van der Waals surface area contributed by atoms with Gasteiger partial charge in [-0.1, -0.05) is 70.0 Å². The number of anilines is 2. The number of ketones is 1. The summed E-state index contributed by atoms with van der Waals surface area (Å²) in [7, 11) is 0. The van der Waals surface area contributed by atoms with E-state index in [0.717, 1.165) is 39.1 Å². The zero-order chi connectivity index (χ0) is 20.7. The van der Waals surface area contributed by atoms with Crippen LogP contribution in [-0.2, 0) is 4.79 Å². The monoisotopic (exact) mass is 458 g/mol. The van der Waals surface area contributed by atoms with Crippen molar-refractivity contribution >= 4 is 33.1 Å². The van der Waals surface area contributed by atoms with Gasteiger partial charge in [0, 0.05) is 22.2 Å². The van der Waals surface area contributed by atoms with Gasteiger partial charge in [-0.15, -0.1) is 0 Å². The molecule has 0 aromatic heterocycles. The average molecular weight is 459 g/mol. The van der Waals surface area contributed by atoms with E-state index < -0.39 is 0 Å². The molecule has 3 aromatic rings. The Morgan fingerprint density at radius 2 is 1.63 bits per heavy atom. The molecule has 1 heterocycles. The van der Waals surface area contributed by atoms with Crippen molar-refractivity contribution in [3.8, 4) is 0 Å². The number of hydrogen-bond donors (Lipinski definition) is 2. The largest absolute Gasteiger partial charge is 0.372 e. The van der Waals surface area contributed by atoms with Crippen LogP contribution < -0.4 is 10.6 Å². The van der Waals surface area contributed by atoms with Crippen molar-refractivity contribution < 1.29 is 4.79 Å². The van der Waals surface area contributed by atoms with E-state index >= 15 is 0 Å². The highest BCUT2D eigenvalue weighted by atomic mass is 79.9. The number of carbonyl (C=O) groups excluding carboxylic acids is 1. The van der Waals surface area contributed by atoms with Gasteiger partial charge in [-0.2, -0.15) is 0 Å². The Balaban J connectivity index is 1.61. The van der Waals surface area contributed by atoms with Crippen LogP contribution in [0.1, 0.15) is 41.5 Å². The molecule has 0 spiro atoms. The predicted octanol–water partition coefficient (Wildman–Crippen LogP) is 6.74.